The lowest BCUT2D eigenvalue weighted by atomic mass is 9.96. The lowest BCUT2D eigenvalue weighted by molar-refractivity contribution is 0.299. The quantitative estimate of drug-likeness (QED) is 0.447. The molecule has 0 fully saturated rings. The van der Waals surface area contributed by atoms with E-state index in [4.69, 9.17) is 4.74 Å². The van der Waals surface area contributed by atoms with Crippen molar-refractivity contribution in [3.8, 4) is 0 Å². The van der Waals surface area contributed by atoms with Gasteiger partial charge in [-0.05, 0) is 81.4 Å². The molecule has 0 saturated carbocycles. The molecule has 0 aliphatic rings. The number of hydrogen-bond donors (Lipinski definition) is 0. The second kappa shape index (κ2) is 11.5. The molecule has 0 N–H and O–H groups in total. The van der Waals surface area contributed by atoms with E-state index in [2.05, 4.69) is 52.5 Å². The SMILES string of the molecule is C=C(OCC)c1ccc(C)c(C(C)=C(C)C)c1.CC(C)Cc1ccc(F)cc1F. The largest absolute Gasteiger partial charge is 0.494 e. The number of hydrogen-bond acceptors (Lipinski definition) is 1. The van der Waals surface area contributed by atoms with Crippen molar-refractivity contribution >= 4 is 11.3 Å². The standard InChI is InChI=1S/C16H22O.C10H12F2/c1-7-17-14(6)15-9-8-12(4)16(10-15)13(5)11(2)3;1-7(2)5-8-3-4-9(11)6-10(8)12/h8-10H,6-7H2,1-5H3;3-4,6-7H,5H2,1-2H3. The molecule has 2 aromatic carbocycles. The van der Waals surface area contributed by atoms with Gasteiger partial charge in [-0.1, -0.05) is 44.2 Å². The van der Waals surface area contributed by atoms with E-state index in [-0.39, 0.29) is 0 Å². The molecule has 0 radical (unpaired) electrons. The molecular weight excluding hydrogens is 366 g/mol. The first-order chi connectivity index (χ1) is 13.6. The van der Waals surface area contributed by atoms with Crippen LogP contribution in [0.4, 0.5) is 8.78 Å². The van der Waals surface area contributed by atoms with E-state index in [9.17, 15) is 8.78 Å². The third kappa shape index (κ3) is 7.84. The Kier molecular flexibility index (Phi) is 9.80. The molecule has 0 aromatic heterocycles. The molecule has 3 heteroatoms. The third-order valence-corrected chi connectivity index (χ3v) is 4.68. The van der Waals surface area contributed by atoms with Crippen molar-refractivity contribution < 1.29 is 13.5 Å². The van der Waals surface area contributed by atoms with E-state index >= 15 is 0 Å². The van der Waals surface area contributed by atoms with Crippen LogP contribution in [0.15, 0.2) is 48.6 Å². The molecule has 0 atom stereocenters. The second-order valence-electron chi connectivity index (χ2n) is 7.84. The Bertz CT molecular complexity index is 859. The predicted octanol–water partition coefficient (Wildman–Crippen LogP) is 7.98. The molecule has 0 amide bonds. The van der Waals surface area contributed by atoms with E-state index in [0.29, 0.717) is 24.5 Å². The number of benzene rings is 2. The summed E-state index contributed by atoms with van der Waals surface area (Å²) >= 11 is 0. The average Bonchev–Trinajstić information content (AvgIpc) is 2.64. The first kappa shape index (κ1) is 24.6. The summed E-state index contributed by atoms with van der Waals surface area (Å²) in [6.07, 6.45) is 0.659. The van der Waals surface area contributed by atoms with E-state index < -0.39 is 11.6 Å². The third-order valence-electron chi connectivity index (χ3n) is 4.68. The van der Waals surface area contributed by atoms with Crippen molar-refractivity contribution in [1.29, 1.82) is 0 Å². The molecule has 158 valence electrons. The van der Waals surface area contributed by atoms with Crippen LogP contribution < -0.4 is 0 Å². The first-order valence-electron chi connectivity index (χ1n) is 10.1. The number of ether oxygens (including phenoxy) is 1. The van der Waals surface area contributed by atoms with Crippen molar-refractivity contribution in [2.24, 2.45) is 5.92 Å². The van der Waals surface area contributed by atoms with Crippen LogP contribution in [0.2, 0.25) is 0 Å². The van der Waals surface area contributed by atoms with Gasteiger partial charge in [0.15, 0.2) is 0 Å². The van der Waals surface area contributed by atoms with Gasteiger partial charge in [0.25, 0.3) is 0 Å². The fourth-order valence-corrected chi connectivity index (χ4v) is 2.85. The Hall–Kier alpha value is -2.42. The zero-order chi connectivity index (χ0) is 22.1. The summed E-state index contributed by atoms with van der Waals surface area (Å²) in [5.41, 5.74) is 6.89. The maximum absolute atomic E-state index is 13.0. The van der Waals surface area contributed by atoms with Crippen LogP contribution in [-0.2, 0) is 11.2 Å². The molecule has 29 heavy (non-hydrogen) atoms. The number of halogens is 2. The van der Waals surface area contributed by atoms with Crippen LogP contribution in [0, 0.1) is 24.5 Å². The second-order valence-corrected chi connectivity index (χ2v) is 7.84. The van der Waals surface area contributed by atoms with Crippen LogP contribution in [0.3, 0.4) is 0 Å². The molecule has 0 aliphatic carbocycles. The van der Waals surface area contributed by atoms with Gasteiger partial charge in [0, 0.05) is 11.6 Å². The van der Waals surface area contributed by atoms with Crippen molar-refractivity contribution in [2.75, 3.05) is 6.61 Å². The highest BCUT2D eigenvalue weighted by Gasteiger charge is 2.07. The maximum atomic E-state index is 13.0. The molecule has 0 saturated heterocycles. The highest BCUT2D eigenvalue weighted by atomic mass is 19.1. The van der Waals surface area contributed by atoms with Crippen LogP contribution in [0.25, 0.3) is 11.3 Å². The monoisotopic (exact) mass is 400 g/mol. The molecule has 0 spiro atoms. The van der Waals surface area contributed by atoms with Gasteiger partial charge in [0.05, 0.1) is 6.61 Å². The smallest absolute Gasteiger partial charge is 0.129 e. The van der Waals surface area contributed by atoms with E-state index in [1.54, 1.807) is 0 Å². The first-order valence-corrected chi connectivity index (χ1v) is 10.1. The highest BCUT2D eigenvalue weighted by molar-refractivity contribution is 5.72. The Labute approximate surface area is 175 Å². The summed E-state index contributed by atoms with van der Waals surface area (Å²) in [6.45, 7) is 19.2. The average molecular weight is 401 g/mol. The number of rotatable bonds is 6. The van der Waals surface area contributed by atoms with Gasteiger partial charge < -0.3 is 4.74 Å². The van der Waals surface area contributed by atoms with Gasteiger partial charge in [0.1, 0.15) is 17.4 Å². The van der Waals surface area contributed by atoms with E-state index in [0.717, 1.165) is 17.4 Å². The Balaban J connectivity index is 0.000000308. The molecule has 0 heterocycles. The van der Waals surface area contributed by atoms with Crippen LogP contribution in [-0.4, -0.2) is 6.61 Å². The van der Waals surface area contributed by atoms with Crippen LogP contribution in [0.1, 0.15) is 63.8 Å². The summed E-state index contributed by atoms with van der Waals surface area (Å²) in [4.78, 5) is 0. The zero-order valence-electron chi connectivity index (χ0n) is 18.8. The number of allylic oxidation sites excluding steroid dienone is 2. The van der Waals surface area contributed by atoms with Gasteiger partial charge >= 0.3 is 0 Å². The Morgan fingerprint density at radius 2 is 1.69 bits per heavy atom. The Morgan fingerprint density at radius 3 is 2.21 bits per heavy atom. The van der Waals surface area contributed by atoms with E-state index in [1.165, 1.54) is 34.4 Å². The molecule has 1 nitrogen and oxygen atoms in total. The summed E-state index contributed by atoms with van der Waals surface area (Å²) in [6, 6.07) is 10.1. The molecule has 2 rings (SSSR count). The summed E-state index contributed by atoms with van der Waals surface area (Å²) in [5, 5.41) is 0. The van der Waals surface area contributed by atoms with Crippen LogP contribution >= 0.6 is 0 Å². The van der Waals surface area contributed by atoms with Gasteiger partial charge in [-0.25, -0.2) is 8.78 Å². The maximum Gasteiger partial charge on any atom is 0.129 e. The van der Waals surface area contributed by atoms with Gasteiger partial charge in [-0.2, -0.15) is 0 Å². The van der Waals surface area contributed by atoms with Crippen molar-refractivity contribution in [1.82, 2.24) is 0 Å². The fourth-order valence-electron chi connectivity index (χ4n) is 2.85. The molecule has 0 aliphatic heterocycles. The van der Waals surface area contributed by atoms with Gasteiger partial charge in [0.2, 0.25) is 0 Å². The van der Waals surface area contributed by atoms with Crippen molar-refractivity contribution in [3.63, 3.8) is 0 Å². The Morgan fingerprint density at radius 1 is 1.03 bits per heavy atom. The zero-order valence-corrected chi connectivity index (χ0v) is 18.8. The van der Waals surface area contributed by atoms with Gasteiger partial charge in [-0.3, -0.25) is 0 Å². The topological polar surface area (TPSA) is 9.23 Å². The molecule has 0 unspecified atom stereocenters. The normalized spacial score (nSPS) is 10.3. The molecular formula is C26H34F2O. The molecule has 0 bridgehead atoms. The fraction of sp³-hybridized carbons (Fsp3) is 0.385. The minimum Gasteiger partial charge on any atom is -0.494 e. The van der Waals surface area contributed by atoms with Gasteiger partial charge in [-0.15, -0.1) is 0 Å². The lowest BCUT2D eigenvalue weighted by Crippen LogP contribution is -1.97. The summed E-state index contributed by atoms with van der Waals surface area (Å²) in [7, 11) is 0. The summed E-state index contributed by atoms with van der Waals surface area (Å²) in [5.74, 6) is 0.184. The van der Waals surface area contributed by atoms with Crippen LogP contribution in [0.5, 0.6) is 0 Å². The van der Waals surface area contributed by atoms with Crippen molar-refractivity contribution in [3.05, 3.63) is 82.4 Å². The van der Waals surface area contributed by atoms with E-state index in [1.807, 2.05) is 20.8 Å². The minimum atomic E-state index is -0.514. The minimum absolute atomic E-state index is 0.393. The lowest BCUT2D eigenvalue weighted by Gasteiger charge is -2.13. The molecule has 2 aromatic rings. The summed E-state index contributed by atoms with van der Waals surface area (Å²) < 4.78 is 30.9. The predicted molar refractivity (Wildman–Crippen MR) is 121 cm³/mol. The van der Waals surface area contributed by atoms with Crippen molar-refractivity contribution in [2.45, 2.75) is 54.9 Å². The number of aryl methyl sites for hydroxylation is 1. The highest BCUT2D eigenvalue weighted by Crippen LogP contribution is 2.25.